The van der Waals surface area contributed by atoms with Crippen LogP contribution in [0.2, 0.25) is 0 Å². The van der Waals surface area contributed by atoms with Gasteiger partial charge in [-0.1, -0.05) is 121 Å². The van der Waals surface area contributed by atoms with Crippen LogP contribution in [-0.4, -0.2) is 0 Å². The van der Waals surface area contributed by atoms with Crippen molar-refractivity contribution in [1.82, 2.24) is 0 Å². The molecule has 0 saturated carbocycles. The maximum atomic E-state index is 2.60. The minimum absolute atomic E-state index is 0.344. The van der Waals surface area contributed by atoms with Crippen LogP contribution < -0.4 is 0 Å². The smallest absolute Gasteiger partial charge is 0.0349 e. The first-order valence-electron chi connectivity index (χ1n) is 15.5. The van der Waals surface area contributed by atoms with Crippen LogP contribution in [0.25, 0.3) is 0 Å². The highest BCUT2D eigenvalue weighted by molar-refractivity contribution is 5.72. The van der Waals surface area contributed by atoms with Crippen molar-refractivity contribution in [2.24, 2.45) is 0 Å². The molecular weight excluding hydrogens is 504 g/mol. The number of hydrogen-bond donors (Lipinski definition) is 0. The summed E-state index contributed by atoms with van der Waals surface area (Å²) < 4.78 is 0. The molecule has 0 N–H and O–H groups in total. The number of rotatable bonds is 0. The van der Waals surface area contributed by atoms with E-state index in [2.05, 4.69) is 121 Å². The largest absolute Gasteiger partial charge is 0.0619 e. The lowest BCUT2D eigenvalue weighted by Gasteiger charge is -2.44. The molecule has 0 radical (unpaired) electrons. The molecule has 0 aliphatic heterocycles. The van der Waals surface area contributed by atoms with Crippen LogP contribution in [0.15, 0.2) is 121 Å². The fraction of sp³-hybridized carbons (Fsp3) is 0.143. The second-order valence-electron chi connectivity index (χ2n) is 13.1. The van der Waals surface area contributed by atoms with Gasteiger partial charge in [-0.15, -0.1) is 0 Å². The lowest BCUT2D eigenvalue weighted by atomic mass is 9.59. The molecule has 6 aromatic carbocycles. The van der Waals surface area contributed by atoms with Gasteiger partial charge in [0.1, 0.15) is 0 Å². The summed E-state index contributed by atoms with van der Waals surface area (Å²) in [5.74, 6) is 1.38. The van der Waals surface area contributed by atoms with Crippen LogP contribution in [0.1, 0.15) is 113 Å². The molecule has 0 unspecified atom stereocenters. The molecule has 7 aliphatic rings. The monoisotopic (exact) mass is 532 g/mol. The first-order chi connectivity index (χ1) is 20.8. The van der Waals surface area contributed by atoms with Crippen LogP contribution in [0.5, 0.6) is 0 Å². The van der Waals surface area contributed by atoms with Gasteiger partial charge in [0.25, 0.3) is 0 Å². The number of fused-ring (bicyclic) bond motifs is 2. The second kappa shape index (κ2) is 7.58. The van der Waals surface area contributed by atoms with Crippen molar-refractivity contribution >= 4 is 0 Å². The number of benzene rings is 6. The zero-order valence-electron chi connectivity index (χ0n) is 23.3. The van der Waals surface area contributed by atoms with E-state index in [1.165, 1.54) is 66.8 Å². The normalized spacial score (nSPS) is 22.1. The molecule has 13 rings (SSSR count). The summed E-state index contributed by atoms with van der Waals surface area (Å²) >= 11 is 0. The molecule has 4 bridgehead atoms. The van der Waals surface area contributed by atoms with E-state index in [-0.39, 0.29) is 0 Å². The van der Waals surface area contributed by atoms with Crippen molar-refractivity contribution in [3.05, 3.63) is 210 Å². The fourth-order valence-electron chi connectivity index (χ4n) is 9.68. The summed E-state index contributed by atoms with van der Waals surface area (Å²) in [6.45, 7) is 0. The van der Waals surface area contributed by atoms with E-state index < -0.39 is 0 Å². The average molecular weight is 533 g/mol. The van der Waals surface area contributed by atoms with E-state index in [1.54, 1.807) is 22.3 Å². The first kappa shape index (κ1) is 22.0. The van der Waals surface area contributed by atoms with Crippen molar-refractivity contribution in [3.63, 3.8) is 0 Å². The zero-order valence-corrected chi connectivity index (χ0v) is 23.3. The molecule has 0 heteroatoms. The average Bonchev–Trinajstić information content (AvgIpc) is 3.05. The van der Waals surface area contributed by atoms with E-state index in [4.69, 9.17) is 0 Å². The highest BCUT2D eigenvalue weighted by Crippen LogP contribution is 2.58. The summed E-state index contributed by atoms with van der Waals surface area (Å²) in [4.78, 5) is 0. The molecule has 196 valence electrons. The Kier molecular flexibility index (Phi) is 3.97. The Hall–Kier alpha value is -4.68. The lowest BCUT2D eigenvalue weighted by molar-refractivity contribution is 0.742. The van der Waals surface area contributed by atoms with E-state index >= 15 is 0 Å². The summed E-state index contributed by atoms with van der Waals surface area (Å²) in [5, 5.41) is 0. The maximum absolute atomic E-state index is 2.60. The predicted octanol–water partition coefficient (Wildman–Crippen LogP) is 9.16. The van der Waals surface area contributed by atoms with Gasteiger partial charge in [-0.05, 0) is 102 Å². The zero-order chi connectivity index (χ0) is 27.1. The Morgan fingerprint density at radius 1 is 0.262 bits per heavy atom. The molecular formula is C42H28. The van der Waals surface area contributed by atoms with Crippen molar-refractivity contribution in [3.8, 4) is 0 Å². The van der Waals surface area contributed by atoms with E-state index in [1.807, 2.05) is 0 Å². The van der Waals surface area contributed by atoms with Gasteiger partial charge in [0.15, 0.2) is 0 Å². The standard InChI is InChI=1S/C42H28/c1-2-10-28-27(9-1)39-29-11-3-4-12-30(29)40(28)36-20-24-18-26-22-38-37(21-25(26)17-23(24)19-35(36)39)41-31-13-5-7-15-33(31)42(38)34-16-8-6-14-32(34)41/h1-16,19-22,39-42H,17-18H2. The Labute approximate surface area is 246 Å². The van der Waals surface area contributed by atoms with Crippen LogP contribution >= 0.6 is 0 Å². The van der Waals surface area contributed by atoms with Gasteiger partial charge in [0.05, 0.1) is 0 Å². The van der Waals surface area contributed by atoms with Gasteiger partial charge < -0.3 is 0 Å². The summed E-state index contributed by atoms with van der Waals surface area (Å²) in [7, 11) is 0. The van der Waals surface area contributed by atoms with Crippen LogP contribution in [0, 0.1) is 0 Å². The highest BCUT2D eigenvalue weighted by Gasteiger charge is 2.43. The van der Waals surface area contributed by atoms with Crippen molar-refractivity contribution in [2.75, 3.05) is 0 Å². The van der Waals surface area contributed by atoms with E-state index in [9.17, 15) is 0 Å². The minimum Gasteiger partial charge on any atom is -0.0619 e. The fourth-order valence-corrected chi connectivity index (χ4v) is 9.68. The van der Waals surface area contributed by atoms with Gasteiger partial charge in [0, 0.05) is 23.7 Å². The Morgan fingerprint density at radius 2 is 0.452 bits per heavy atom. The van der Waals surface area contributed by atoms with Crippen LogP contribution in [-0.2, 0) is 12.8 Å². The predicted molar refractivity (Wildman–Crippen MR) is 168 cm³/mol. The third-order valence-electron chi connectivity index (χ3n) is 11.3. The minimum atomic E-state index is 0.344. The molecule has 42 heavy (non-hydrogen) atoms. The Balaban J connectivity index is 1.08. The molecule has 7 aliphatic carbocycles. The summed E-state index contributed by atoms with van der Waals surface area (Å²) in [6, 6.07) is 47.2. The second-order valence-corrected chi connectivity index (χ2v) is 13.1. The van der Waals surface area contributed by atoms with E-state index in [0.29, 0.717) is 23.7 Å². The molecule has 6 aromatic rings. The van der Waals surface area contributed by atoms with Crippen molar-refractivity contribution in [1.29, 1.82) is 0 Å². The van der Waals surface area contributed by atoms with Gasteiger partial charge >= 0.3 is 0 Å². The summed E-state index contributed by atoms with van der Waals surface area (Å²) in [5.41, 5.74) is 24.4. The lowest BCUT2D eigenvalue weighted by Crippen LogP contribution is -2.29. The molecule has 0 saturated heterocycles. The molecule has 0 heterocycles. The van der Waals surface area contributed by atoms with Crippen LogP contribution in [0.3, 0.4) is 0 Å². The molecule has 0 spiro atoms. The third kappa shape index (κ3) is 2.57. The molecule has 0 atom stereocenters. The Morgan fingerprint density at radius 3 is 0.643 bits per heavy atom. The Bertz CT molecular complexity index is 1780. The molecule has 0 amide bonds. The van der Waals surface area contributed by atoms with Gasteiger partial charge in [-0.25, -0.2) is 0 Å². The molecule has 0 aromatic heterocycles. The van der Waals surface area contributed by atoms with Crippen molar-refractivity contribution in [2.45, 2.75) is 36.5 Å². The summed E-state index contributed by atoms with van der Waals surface area (Å²) in [6.07, 6.45) is 2.07. The SMILES string of the molecule is c1ccc2c(c1)C1c3ccccc3C2c2cc3c(cc21)Cc1cc2c(cc1C3)C1c3ccccc3C2c2ccccc21. The first-order valence-corrected chi connectivity index (χ1v) is 15.5. The highest BCUT2D eigenvalue weighted by atomic mass is 14.5. The molecule has 0 nitrogen and oxygen atoms in total. The van der Waals surface area contributed by atoms with E-state index in [0.717, 1.165) is 12.8 Å². The van der Waals surface area contributed by atoms with Crippen LogP contribution in [0.4, 0.5) is 0 Å². The quantitative estimate of drug-likeness (QED) is 0.183. The van der Waals surface area contributed by atoms with Crippen molar-refractivity contribution < 1.29 is 0 Å². The third-order valence-corrected chi connectivity index (χ3v) is 11.3. The van der Waals surface area contributed by atoms with Gasteiger partial charge in [-0.3, -0.25) is 0 Å². The maximum Gasteiger partial charge on any atom is 0.0349 e. The molecule has 0 fully saturated rings. The van der Waals surface area contributed by atoms with Gasteiger partial charge in [0.2, 0.25) is 0 Å². The van der Waals surface area contributed by atoms with Gasteiger partial charge in [-0.2, -0.15) is 0 Å². The number of hydrogen-bond acceptors (Lipinski definition) is 0. The topological polar surface area (TPSA) is 0 Å².